The third-order valence-corrected chi connectivity index (χ3v) is 3.63. The molecule has 0 N–H and O–H groups in total. The lowest BCUT2D eigenvalue weighted by Gasteiger charge is -2.10. The number of carbonyl (C=O) groups excluding carboxylic acids is 1. The van der Waals surface area contributed by atoms with Crippen molar-refractivity contribution in [2.75, 3.05) is 6.61 Å². The molecule has 0 aromatic heterocycles. The number of hydrogen-bond donors (Lipinski definition) is 0. The smallest absolute Gasteiger partial charge is 0.150 e. The van der Waals surface area contributed by atoms with Gasteiger partial charge in [-0.2, -0.15) is 0 Å². The van der Waals surface area contributed by atoms with E-state index in [1.807, 2.05) is 12.1 Å². The van der Waals surface area contributed by atoms with Gasteiger partial charge in [0.25, 0.3) is 0 Å². The highest BCUT2D eigenvalue weighted by atomic mass is 16.5. The highest BCUT2D eigenvalue weighted by molar-refractivity contribution is 5.74. The van der Waals surface area contributed by atoms with Gasteiger partial charge >= 0.3 is 0 Å². The van der Waals surface area contributed by atoms with Crippen LogP contribution < -0.4 is 4.74 Å². The Morgan fingerprint density at radius 2 is 1.95 bits per heavy atom. The zero-order chi connectivity index (χ0) is 15.1. The lowest BCUT2D eigenvalue weighted by molar-refractivity contribution is 0.112. The van der Waals surface area contributed by atoms with Crippen molar-refractivity contribution in [3.8, 4) is 5.75 Å². The molecule has 1 aromatic rings. The van der Waals surface area contributed by atoms with Gasteiger partial charge in [-0.15, -0.1) is 0 Å². The van der Waals surface area contributed by atoms with E-state index >= 15 is 0 Å². The third-order valence-electron chi connectivity index (χ3n) is 3.63. The predicted octanol–water partition coefficient (Wildman–Crippen LogP) is 4.30. The fourth-order valence-electron chi connectivity index (χ4n) is 2.36. The third kappa shape index (κ3) is 4.78. The Balaban J connectivity index is 1.54. The molecule has 1 aliphatic rings. The zero-order valence-electron chi connectivity index (χ0n) is 12.3. The Morgan fingerprint density at radius 3 is 2.57 bits per heavy atom. The van der Waals surface area contributed by atoms with E-state index in [1.165, 1.54) is 0 Å². The number of unbranched alkanes of at least 4 members (excludes halogenated alkanes) is 2. The standard InChI is InChI=1S/C18H22O3/c1-14-12-18(21-15(14)2)6-4-3-5-11-20-17-9-7-16(13-19)8-10-17/h7-10,13,18H,1-6,11-12H2. The molecule has 1 atom stereocenters. The maximum atomic E-state index is 10.5. The zero-order valence-corrected chi connectivity index (χ0v) is 12.3. The molecule has 0 radical (unpaired) electrons. The van der Waals surface area contributed by atoms with E-state index in [4.69, 9.17) is 9.47 Å². The largest absolute Gasteiger partial charge is 0.494 e. The molecular formula is C18H22O3. The van der Waals surface area contributed by atoms with Gasteiger partial charge in [-0.3, -0.25) is 4.79 Å². The molecule has 0 amide bonds. The first-order chi connectivity index (χ1) is 10.2. The summed E-state index contributed by atoms with van der Waals surface area (Å²) in [5.41, 5.74) is 1.70. The molecular weight excluding hydrogens is 264 g/mol. The van der Waals surface area contributed by atoms with Crippen LogP contribution >= 0.6 is 0 Å². The minimum absolute atomic E-state index is 0.266. The van der Waals surface area contributed by atoms with Crippen LogP contribution in [0.2, 0.25) is 0 Å². The molecule has 3 nitrogen and oxygen atoms in total. The predicted molar refractivity (Wildman–Crippen MR) is 83.6 cm³/mol. The van der Waals surface area contributed by atoms with Crippen LogP contribution in [0.15, 0.2) is 48.8 Å². The van der Waals surface area contributed by atoms with E-state index in [9.17, 15) is 4.79 Å². The molecule has 1 aliphatic heterocycles. The maximum Gasteiger partial charge on any atom is 0.150 e. The first-order valence-electron chi connectivity index (χ1n) is 7.41. The number of aldehydes is 1. The van der Waals surface area contributed by atoms with E-state index in [1.54, 1.807) is 12.1 Å². The van der Waals surface area contributed by atoms with Crippen molar-refractivity contribution in [3.63, 3.8) is 0 Å². The summed E-state index contributed by atoms with van der Waals surface area (Å²) in [7, 11) is 0. The number of benzene rings is 1. The van der Waals surface area contributed by atoms with E-state index in [-0.39, 0.29) is 6.10 Å². The van der Waals surface area contributed by atoms with Crippen molar-refractivity contribution < 1.29 is 14.3 Å². The highest BCUT2D eigenvalue weighted by Crippen LogP contribution is 2.29. The minimum atomic E-state index is 0.266. The van der Waals surface area contributed by atoms with Crippen LogP contribution in [0, 0.1) is 0 Å². The van der Waals surface area contributed by atoms with Crippen LogP contribution in [-0.4, -0.2) is 19.0 Å². The molecule has 0 spiro atoms. The summed E-state index contributed by atoms with van der Waals surface area (Å²) < 4.78 is 11.3. The normalized spacial score (nSPS) is 17.6. The molecule has 1 aromatic carbocycles. The second-order valence-corrected chi connectivity index (χ2v) is 5.36. The van der Waals surface area contributed by atoms with Crippen molar-refractivity contribution >= 4 is 6.29 Å². The summed E-state index contributed by atoms with van der Waals surface area (Å²) in [5, 5.41) is 0. The summed E-state index contributed by atoms with van der Waals surface area (Å²) in [6.45, 7) is 8.45. The second kappa shape index (κ2) is 7.67. The Bertz CT molecular complexity index is 486. The van der Waals surface area contributed by atoms with Gasteiger partial charge in [-0.1, -0.05) is 13.2 Å². The molecule has 2 rings (SSSR count). The molecule has 1 heterocycles. The summed E-state index contributed by atoms with van der Waals surface area (Å²) in [6, 6.07) is 7.18. The van der Waals surface area contributed by atoms with Crippen molar-refractivity contribution in [2.45, 2.75) is 38.2 Å². The maximum absolute atomic E-state index is 10.5. The van der Waals surface area contributed by atoms with Gasteiger partial charge in [0.2, 0.25) is 0 Å². The van der Waals surface area contributed by atoms with Gasteiger partial charge in [0.1, 0.15) is 23.9 Å². The Labute approximate surface area is 126 Å². The lowest BCUT2D eigenvalue weighted by Crippen LogP contribution is -2.04. The Morgan fingerprint density at radius 1 is 1.19 bits per heavy atom. The molecule has 1 unspecified atom stereocenters. The molecule has 0 aliphatic carbocycles. The average Bonchev–Trinajstić information content (AvgIpc) is 2.82. The summed E-state index contributed by atoms with van der Waals surface area (Å²) in [6.07, 6.45) is 6.32. The van der Waals surface area contributed by atoms with Gasteiger partial charge in [-0.05, 0) is 55.5 Å². The number of allylic oxidation sites excluding steroid dienone is 1. The van der Waals surface area contributed by atoms with E-state index in [2.05, 4.69) is 13.2 Å². The monoisotopic (exact) mass is 286 g/mol. The van der Waals surface area contributed by atoms with Crippen molar-refractivity contribution in [1.82, 2.24) is 0 Å². The summed E-state index contributed by atoms with van der Waals surface area (Å²) in [5.74, 6) is 1.56. The first-order valence-corrected chi connectivity index (χ1v) is 7.41. The fraction of sp³-hybridized carbons (Fsp3) is 0.389. The second-order valence-electron chi connectivity index (χ2n) is 5.36. The summed E-state index contributed by atoms with van der Waals surface area (Å²) >= 11 is 0. The highest BCUT2D eigenvalue weighted by Gasteiger charge is 2.21. The van der Waals surface area contributed by atoms with Gasteiger partial charge in [0.15, 0.2) is 0 Å². The van der Waals surface area contributed by atoms with E-state index in [0.717, 1.165) is 55.5 Å². The van der Waals surface area contributed by atoms with Gasteiger partial charge in [-0.25, -0.2) is 0 Å². The van der Waals surface area contributed by atoms with Crippen LogP contribution in [0.5, 0.6) is 5.75 Å². The van der Waals surface area contributed by atoms with Gasteiger partial charge in [0, 0.05) is 12.0 Å². The van der Waals surface area contributed by atoms with Crippen LogP contribution in [0.25, 0.3) is 0 Å². The molecule has 0 saturated carbocycles. The Hall–Kier alpha value is -2.03. The molecule has 1 saturated heterocycles. The fourth-order valence-corrected chi connectivity index (χ4v) is 2.36. The topological polar surface area (TPSA) is 35.5 Å². The SMILES string of the molecule is C=C1CC(CCCCCOc2ccc(C=O)cc2)OC1=C. The summed E-state index contributed by atoms with van der Waals surface area (Å²) in [4.78, 5) is 10.5. The van der Waals surface area contributed by atoms with E-state index < -0.39 is 0 Å². The first kappa shape index (κ1) is 15.4. The number of rotatable bonds is 8. The van der Waals surface area contributed by atoms with Crippen molar-refractivity contribution in [3.05, 3.63) is 54.3 Å². The van der Waals surface area contributed by atoms with Gasteiger partial charge < -0.3 is 9.47 Å². The molecule has 112 valence electrons. The van der Waals surface area contributed by atoms with Crippen LogP contribution in [0.1, 0.15) is 42.5 Å². The molecule has 21 heavy (non-hydrogen) atoms. The van der Waals surface area contributed by atoms with Crippen LogP contribution in [0.4, 0.5) is 0 Å². The number of carbonyl (C=O) groups is 1. The quantitative estimate of drug-likeness (QED) is 0.528. The number of ether oxygens (including phenoxy) is 2. The molecule has 3 heteroatoms. The lowest BCUT2D eigenvalue weighted by atomic mass is 10.1. The molecule has 1 fully saturated rings. The van der Waals surface area contributed by atoms with Gasteiger partial charge in [0.05, 0.1) is 6.61 Å². The minimum Gasteiger partial charge on any atom is -0.494 e. The molecule has 0 bridgehead atoms. The average molecular weight is 286 g/mol. The van der Waals surface area contributed by atoms with Crippen molar-refractivity contribution in [1.29, 1.82) is 0 Å². The number of hydrogen-bond acceptors (Lipinski definition) is 3. The van der Waals surface area contributed by atoms with Crippen molar-refractivity contribution in [2.24, 2.45) is 0 Å². The van der Waals surface area contributed by atoms with Crippen LogP contribution in [0.3, 0.4) is 0 Å². The van der Waals surface area contributed by atoms with E-state index in [0.29, 0.717) is 12.2 Å². The van der Waals surface area contributed by atoms with Crippen LogP contribution in [-0.2, 0) is 4.74 Å². The Kier molecular flexibility index (Phi) is 5.61.